The summed E-state index contributed by atoms with van der Waals surface area (Å²) in [6, 6.07) is 0. The second-order valence-corrected chi connectivity index (χ2v) is 5.05. The van der Waals surface area contributed by atoms with Crippen LogP contribution in [0, 0.1) is 16.0 Å². The maximum absolute atomic E-state index is 10.7. The molecule has 0 radical (unpaired) electrons. The molecule has 0 saturated carbocycles. The van der Waals surface area contributed by atoms with Crippen molar-refractivity contribution in [1.82, 2.24) is 9.78 Å². The van der Waals surface area contributed by atoms with E-state index in [-0.39, 0.29) is 5.82 Å². The van der Waals surface area contributed by atoms with E-state index in [9.17, 15) is 10.1 Å². The topological polar surface area (TPSA) is 61.0 Å². The third-order valence-electron chi connectivity index (χ3n) is 2.86. The summed E-state index contributed by atoms with van der Waals surface area (Å²) >= 11 is 3.16. The van der Waals surface area contributed by atoms with Crippen LogP contribution >= 0.6 is 15.9 Å². The van der Waals surface area contributed by atoms with Crippen molar-refractivity contribution < 1.29 is 4.92 Å². The van der Waals surface area contributed by atoms with Gasteiger partial charge in [0.25, 0.3) is 0 Å². The summed E-state index contributed by atoms with van der Waals surface area (Å²) in [6.45, 7) is 5.07. The van der Waals surface area contributed by atoms with Crippen LogP contribution in [0.25, 0.3) is 0 Å². The number of nitro groups is 1. The molecule has 1 heterocycles. The second kappa shape index (κ2) is 6.74. The Morgan fingerprint density at radius 2 is 2.29 bits per heavy atom. The van der Waals surface area contributed by atoms with Gasteiger partial charge in [-0.1, -0.05) is 33.1 Å². The van der Waals surface area contributed by atoms with Gasteiger partial charge >= 0.3 is 5.82 Å². The molecular weight excluding hydrogens is 286 g/mol. The Morgan fingerprint density at radius 3 is 2.76 bits per heavy atom. The molecule has 0 aliphatic heterocycles. The smallest absolute Gasteiger partial charge is 0.358 e. The highest BCUT2D eigenvalue weighted by Gasteiger charge is 2.20. The first-order valence-electron chi connectivity index (χ1n) is 5.95. The van der Waals surface area contributed by atoms with Crippen LogP contribution in [0.5, 0.6) is 0 Å². The highest BCUT2D eigenvalue weighted by Crippen LogP contribution is 2.23. The first kappa shape index (κ1) is 14.2. The van der Waals surface area contributed by atoms with Crippen molar-refractivity contribution in [1.29, 1.82) is 0 Å². The standard InChI is InChI=1S/C11H18BrN3O2/c1-3-5-6-9(4-2)7-14-8-10(12)11(13-14)15(16)17/h8-9H,3-7H2,1-2H3. The minimum atomic E-state index is -0.465. The normalized spacial score (nSPS) is 12.6. The van der Waals surface area contributed by atoms with Gasteiger partial charge in [-0.15, -0.1) is 0 Å². The molecule has 0 aliphatic rings. The molecule has 0 saturated heterocycles. The zero-order valence-corrected chi connectivity index (χ0v) is 11.8. The van der Waals surface area contributed by atoms with Gasteiger partial charge in [0, 0.05) is 0 Å². The first-order chi connectivity index (χ1) is 8.08. The van der Waals surface area contributed by atoms with Gasteiger partial charge in [0.05, 0.1) is 17.8 Å². The predicted octanol–water partition coefficient (Wildman–Crippen LogP) is 3.77. The van der Waals surface area contributed by atoms with Gasteiger partial charge in [-0.25, -0.2) is 0 Å². The molecule has 5 nitrogen and oxygen atoms in total. The Morgan fingerprint density at radius 1 is 1.59 bits per heavy atom. The number of nitrogens with zero attached hydrogens (tertiary/aromatic N) is 3. The van der Waals surface area contributed by atoms with Gasteiger partial charge in [-0.05, 0) is 33.2 Å². The lowest BCUT2D eigenvalue weighted by molar-refractivity contribution is -0.390. The number of hydrogen-bond donors (Lipinski definition) is 0. The Labute approximate surface area is 109 Å². The van der Waals surface area contributed by atoms with Crippen LogP contribution < -0.4 is 0 Å². The molecule has 1 rings (SSSR count). The summed E-state index contributed by atoms with van der Waals surface area (Å²) in [6.07, 6.45) is 6.29. The summed E-state index contributed by atoms with van der Waals surface area (Å²) in [5.74, 6) is 0.441. The Bertz CT molecular complexity index is 379. The summed E-state index contributed by atoms with van der Waals surface area (Å²) in [5.41, 5.74) is 0. The van der Waals surface area contributed by atoms with Gasteiger partial charge in [0.15, 0.2) is 0 Å². The summed E-state index contributed by atoms with van der Waals surface area (Å²) in [4.78, 5) is 10.2. The molecule has 17 heavy (non-hydrogen) atoms. The number of halogens is 1. The van der Waals surface area contributed by atoms with E-state index in [1.165, 1.54) is 12.8 Å². The average molecular weight is 304 g/mol. The SMILES string of the molecule is CCCCC(CC)Cn1cc(Br)c([N+](=O)[O-])n1. The van der Waals surface area contributed by atoms with Crippen LogP contribution in [0.4, 0.5) is 5.82 Å². The quantitative estimate of drug-likeness (QED) is 0.569. The van der Waals surface area contributed by atoms with Gasteiger partial charge in [-0.3, -0.25) is 0 Å². The number of rotatable bonds is 7. The monoisotopic (exact) mass is 303 g/mol. The van der Waals surface area contributed by atoms with Crippen molar-refractivity contribution in [2.45, 2.75) is 46.1 Å². The largest absolute Gasteiger partial charge is 0.404 e. The van der Waals surface area contributed by atoms with E-state index in [1.807, 2.05) is 0 Å². The lowest BCUT2D eigenvalue weighted by Gasteiger charge is -2.11. The van der Waals surface area contributed by atoms with E-state index in [0.717, 1.165) is 19.4 Å². The van der Waals surface area contributed by atoms with E-state index in [4.69, 9.17) is 0 Å². The highest BCUT2D eigenvalue weighted by molar-refractivity contribution is 9.10. The molecule has 1 atom stereocenters. The van der Waals surface area contributed by atoms with Crippen molar-refractivity contribution in [3.05, 3.63) is 20.8 Å². The third-order valence-corrected chi connectivity index (χ3v) is 3.42. The molecule has 0 aliphatic carbocycles. The molecule has 1 aromatic heterocycles. The Kier molecular flexibility index (Phi) is 5.61. The van der Waals surface area contributed by atoms with Crippen LogP contribution in [-0.2, 0) is 6.54 Å². The number of unbranched alkanes of at least 4 members (excludes halogenated alkanes) is 1. The molecule has 0 aromatic carbocycles. The summed E-state index contributed by atoms with van der Waals surface area (Å²) in [7, 11) is 0. The van der Waals surface area contributed by atoms with Gasteiger partial charge in [-0.2, -0.15) is 4.68 Å². The Balaban J connectivity index is 2.66. The fourth-order valence-corrected chi connectivity index (χ4v) is 2.25. The molecule has 0 amide bonds. The minimum Gasteiger partial charge on any atom is -0.358 e. The van der Waals surface area contributed by atoms with Crippen LogP contribution in [0.2, 0.25) is 0 Å². The van der Waals surface area contributed by atoms with Crippen LogP contribution in [-0.4, -0.2) is 14.7 Å². The van der Waals surface area contributed by atoms with E-state index >= 15 is 0 Å². The molecule has 0 N–H and O–H groups in total. The molecule has 6 heteroatoms. The first-order valence-corrected chi connectivity index (χ1v) is 6.75. The lowest BCUT2D eigenvalue weighted by Crippen LogP contribution is -2.10. The number of hydrogen-bond acceptors (Lipinski definition) is 3. The van der Waals surface area contributed by atoms with E-state index in [0.29, 0.717) is 10.4 Å². The lowest BCUT2D eigenvalue weighted by atomic mass is 10.00. The highest BCUT2D eigenvalue weighted by atomic mass is 79.9. The molecule has 1 unspecified atom stereocenters. The van der Waals surface area contributed by atoms with E-state index in [1.54, 1.807) is 10.9 Å². The zero-order chi connectivity index (χ0) is 12.8. The van der Waals surface area contributed by atoms with Crippen molar-refractivity contribution in [2.75, 3.05) is 0 Å². The van der Waals surface area contributed by atoms with Crippen molar-refractivity contribution >= 4 is 21.7 Å². The molecule has 0 bridgehead atoms. The maximum Gasteiger partial charge on any atom is 0.404 e. The van der Waals surface area contributed by atoms with Crippen molar-refractivity contribution in [2.24, 2.45) is 5.92 Å². The zero-order valence-electron chi connectivity index (χ0n) is 10.2. The number of aromatic nitrogens is 2. The van der Waals surface area contributed by atoms with Gasteiger partial charge in [0.1, 0.15) is 4.47 Å². The van der Waals surface area contributed by atoms with Gasteiger partial charge < -0.3 is 10.1 Å². The fourth-order valence-electron chi connectivity index (χ4n) is 1.79. The molecular formula is C11H18BrN3O2. The minimum absolute atomic E-state index is 0.102. The molecule has 1 aromatic rings. The third kappa shape index (κ3) is 4.11. The second-order valence-electron chi connectivity index (χ2n) is 4.20. The van der Waals surface area contributed by atoms with E-state index in [2.05, 4.69) is 34.9 Å². The van der Waals surface area contributed by atoms with Gasteiger partial charge in [0.2, 0.25) is 0 Å². The maximum atomic E-state index is 10.7. The summed E-state index contributed by atoms with van der Waals surface area (Å²) in [5, 5.41) is 14.6. The predicted molar refractivity (Wildman–Crippen MR) is 69.9 cm³/mol. The van der Waals surface area contributed by atoms with Crippen LogP contribution in [0.3, 0.4) is 0 Å². The average Bonchev–Trinajstić information content (AvgIpc) is 2.65. The van der Waals surface area contributed by atoms with Crippen LogP contribution in [0.15, 0.2) is 10.7 Å². The van der Waals surface area contributed by atoms with Crippen molar-refractivity contribution in [3.63, 3.8) is 0 Å². The molecule has 0 fully saturated rings. The summed E-state index contributed by atoms with van der Waals surface area (Å²) < 4.78 is 2.12. The molecule has 0 spiro atoms. The fraction of sp³-hybridized carbons (Fsp3) is 0.727. The van der Waals surface area contributed by atoms with Crippen LogP contribution in [0.1, 0.15) is 39.5 Å². The van der Waals surface area contributed by atoms with Crippen molar-refractivity contribution in [3.8, 4) is 0 Å². The molecule has 96 valence electrons. The van der Waals surface area contributed by atoms with E-state index < -0.39 is 4.92 Å². The Hall–Kier alpha value is -0.910.